The molecule has 5 rings (SSSR count). The van der Waals surface area contributed by atoms with Crippen LogP contribution in [0.1, 0.15) is 45.6 Å². The molecule has 1 spiro atoms. The van der Waals surface area contributed by atoms with Crippen molar-refractivity contribution in [3.05, 3.63) is 60.2 Å². The maximum absolute atomic E-state index is 14.4. The van der Waals surface area contributed by atoms with E-state index in [9.17, 15) is 19.5 Å². The molecule has 1 N–H and O–H groups in total. The van der Waals surface area contributed by atoms with Gasteiger partial charge in [0.15, 0.2) is 0 Å². The third-order valence-electron chi connectivity index (χ3n) is 8.83. The van der Waals surface area contributed by atoms with Crippen LogP contribution in [0.5, 0.6) is 0 Å². The summed E-state index contributed by atoms with van der Waals surface area (Å²) in [6.07, 6.45) is 9.96. The molecule has 4 aliphatic heterocycles. The minimum absolute atomic E-state index is 0.0847. The van der Waals surface area contributed by atoms with Crippen LogP contribution in [0, 0.1) is 17.8 Å². The van der Waals surface area contributed by atoms with Gasteiger partial charge in [-0.25, -0.2) is 0 Å². The molecule has 6 atom stereocenters. The van der Waals surface area contributed by atoms with Gasteiger partial charge in [0.1, 0.15) is 11.6 Å². The second-order valence-corrected chi connectivity index (χ2v) is 11.6. The first-order valence-corrected chi connectivity index (χ1v) is 14.4. The summed E-state index contributed by atoms with van der Waals surface area (Å²) in [4.78, 5) is 47.9. The number of unbranched alkanes of at least 4 members (excludes halogenated alkanes) is 2. The Hall–Kier alpha value is -2.97. The Morgan fingerprint density at radius 1 is 1.00 bits per heavy atom. The maximum Gasteiger partial charge on any atom is 0.249 e. The van der Waals surface area contributed by atoms with Crippen molar-refractivity contribution in [2.24, 2.45) is 17.8 Å². The molecule has 2 saturated heterocycles. The van der Waals surface area contributed by atoms with Gasteiger partial charge in [0.05, 0.1) is 30.6 Å². The lowest BCUT2D eigenvalue weighted by Crippen LogP contribution is -2.59. The fraction of sp³-hybridized carbons (Fsp3) is 0.581. The van der Waals surface area contributed by atoms with Crippen LogP contribution >= 0.6 is 0 Å². The highest BCUT2D eigenvalue weighted by Crippen LogP contribution is 2.54. The number of ether oxygens (including phenoxy) is 1. The van der Waals surface area contributed by atoms with Crippen molar-refractivity contribution in [3.63, 3.8) is 0 Å². The van der Waals surface area contributed by atoms with Gasteiger partial charge in [0.25, 0.3) is 0 Å². The van der Waals surface area contributed by atoms with E-state index in [0.717, 1.165) is 24.8 Å². The third-order valence-corrected chi connectivity index (χ3v) is 8.83. The van der Waals surface area contributed by atoms with Crippen molar-refractivity contribution in [2.45, 2.75) is 70.4 Å². The van der Waals surface area contributed by atoms with Gasteiger partial charge < -0.3 is 24.5 Å². The van der Waals surface area contributed by atoms with Crippen LogP contribution < -0.4 is 0 Å². The predicted octanol–water partition coefficient (Wildman–Crippen LogP) is 2.77. The van der Waals surface area contributed by atoms with E-state index in [-0.39, 0.29) is 30.2 Å². The summed E-state index contributed by atoms with van der Waals surface area (Å²) in [5.74, 6) is -2.26. The van der Waals surface area contributed by atoms with Crippen molar-refractivity contribution in [1.29, 1.82) is 0 Å². The van der Waals surface area contributed by atoms with E-state index >= 15 is 0 Å². The highest BCUT2D eigenvalue weighted by molar-refractivity contribution is 6.00. The van der Waals surface area contributed by atoms with Gasteiger partial charge in [-0.1, -0.05) is 88.2 Å². The van der Waals surface area contributed by atoms with Crippen LogP contribution in [0.3, 0.4) is 0 Å². The summed E-state index contributed by atoms with van der Waals surface area (Å²) in [5, 5.41) is 10.4. The average Bonchev–Trinajstić information content (AvgIpc) is 3.24. The molecular weight excluding hydrogens is 494 g/mol. The smallest absolute Gasteiger partial charge is 0.249 e. The van der Waals surface area contributed by atoms with Crippen LogP contribution in [0.25, 0.3) is 0 Å². The molecule has 0 radical (unpaired) electrons. The summed E-state index contributed by atoms with van der Waals surface area (Å²) in [7, 11) is 0. The number of rotatable bonds is 9. The molecule has 0 aromatic heterocycles. The Kier molecular flexibility index (Phi) is 7.96. The van der Waals surface area contributed by atoms with E-state index in [1.807, 2.05) is 68.5 Å². The molecular formula is C31H41N3O5. The summed E-state index contributed by atoms with van der Waals surface area (Å²) >= 11 is 0. The lowest BCUT2D eigenvalue weighted by molar-refractivity contribution is -0.152. The average molecular weight is 536 g/mol. The molecule has 4 aliphatic rings. The molecule has 3 amide bonds. The fourth-order valence-corrected chi connectivity index (χ4v) is 6.85. The number of benzene rings is 1. The molecule has 39 heavy (non-hydrogen) atoms. The van der Waals surface area contributed by atoms with Crippen molar-refractivity contribution in [2.75, 3.05) is 26.2 Å². The molecule has 4 heterocycles. The SMILES string of the molecule is CCCCCN1CC=C[C@]23O[C@@H]4C=CCN(Cc5ccccc5)C(=O)[C@@H]4[C@H]2C(=O)N([C@@H](CO)C(C)C)C3C1=O. The molecule has 1 unspecified atom stereocenters. The monoisotopic (exact) mass is 535 g/mol. The van der Waals surface area contributed by atoms with E-state index in [1.165, 1.54) is 0 Å². The van der Waals surface area contributed by atoms with Crippen molar-refractivity contribution < 1.29 is 24.2 Å². The van der Waals surface area contributed by atoms with E-state index in [0.29, 0.717) is 26.2 Å². The van der Waals surface area contributed by atoms with Crippen LogP contribution in [0.4, 0.5) is 0 Å². The lowest BCUT2D eigenvalue weighted by Gasteiger charge is -2.39. The van der Waals surface area contributed by atoms with Crippen LogP contribution in [0.2, 0.25) is 0 Å². The van der Waals surface area contributed by atoms with E-state index < -0.39 is 35.6 Å². The number of carbonyl (C=O) groups excluding carboxylic acids is 3. The Balaban J connectivity index is 1.55. The normalized spacial score (nSPS) is 30.9. The van der Waals surface area contributed by atoms with Crippen LogP contribution in [-0.4, -0.2) is 87.6 Å². The molecule has 1 aromatic rings. The molecule has 8 heteroatoms. The van der Waals surface area contributed by atoms with Crippen LogP contribution in [-0.2, 0) is 25.7 Å². The second-order valence-electron chi connectivity index (χ2n) is 11.6. The second kappa shape index (κ2) is 11.3. The van der Waals surface area contributed by atoms with Crippen molar-refractivity contribution in [3.8, 4) is 0 Å². The summed E-state index contributed by atoms with van der Waals surface area (Å²) in [5.41, 5.74) is -0.253. The number of aliphatic hydroxyl groups is 1. The van der Waals surface area contributed by atoms with Gasteiger partial charge in [-0.3, -0.25) is 14.4 Å². The molecule has 0 saturated carbocycles. The number of hydrogen-bond acceptors (Lipinski definition) is 5. The molecule has 0 aliphatic carbocycles. The first-order chi connectivity index (χ1) is 18.8. The van der Waals surface area contributed by atoms with Crippen LogP contribution in [0.15, 0.2) is 54.6 Å². The minimum atomic E-state index is -1.26. The number of likely N-dealkylation sites (tertiary alicyclic amines) is 1. The quantitative estimate of drug-likeness (QED) is 0.388. The fourth-order valence-electron chi connectivity index (χ4n) is 6.85. The Labute approximate surface area is 231 Å². The standard InChI is InChI=1S/C31H41N3O5/c1-4-5-9-16-32-18-11-15-31-26(29(37)34(27(31)30(32)38)23(20-35)21(2)3)25-24(39-31)14-10-17-33(28(25)36)19-22-12-7-6-8-13-22/h6-8,10-15,21,23-27,35H,4-5,9,16-20H2,1-3H3/t23-,24+,25-,26-,27?,31-/m0/s1. The number of carbonyl (C=O) groups is 3. The van der Waals surface area contributed by atoms with Gasteiger partial charge in [-0.05, 0) is 17.9 Å². The number of fused-ring (bicyclic) bond motifs is 2. The zero-order valence-corrected chi connectivity index (χ0v) is 23.2. The highest BCUT2D eigenvalue weighted by atomic mass is 16.5. The Bertz CT molecular complexity index is 1130. The largest absolute Gasteiger partial charge is 0.394 e. The van der Waals surface area contributed by atoms with Gasteiger partial charge in [0, 0.05) is 26.2 Å². The van der Waals surface area contributed by atoms with E-state index in [1.54, 1.807) is 14.7 Å². The number of amides is 3. The van der Waals surface area contributed by atoms with Crippen molar-refractivity contribution in [1.82, 2.24) is 14.7 Å². The molecule has 0 bridgehead atoms. The number of aliphatic hydroxyl groups excluding tert-OH is 1. The molecule has 8 nitrogen and oxygen atoms in total. The van der Waals surface area contributed by atoms with Gasteiger partial charge in [-0.2, -0.15) is 0 Å². The zero-order valence-electron chi connectivity index (χ0n) is 23.2. The van der Waals surface area contributed by atoms with E-state index in [2.05, 4.69) is 6.92 Å². The van der Waals surface area contributed by atoms with Gasteiger partial charge >= 0.3 is 0 Å². The molecule has 1 aromatic carbocycles. The summed E-state index contributed by atoms with van der Waals surface area (Å²) in [6, 6.07) is 8.32. The Morgan fingerprint density at radius 2 is 1.74 bits per heavy atom. The van der Waals surface area contributed by atoms with Gasteiger partial charge in [-0.15, -0.1) is 0 Å². The highest BCUT2D eigenvalue weighted by Gasteiger charge is 2.72. The number of hydrogen-bond donors (Lipinski definition) is 1. The minimum Gasteiger partial charge on any atom is -0.394 e. The summed E-state index contributed by atoms with van der Waals surface area (Å²) in [6.45, 7) is 7.62. The first kappa shape index (κ1) is 27.6. The van der Waals surface area contributed by atoms with E-state index in [4.69, 9.17) is 4.74 Å². The maximum atomic E-state index is 14.4. The molecule has 210 valence electrons. The Morgan fingerprint density at radius 3 is 2.44 bits per heavy atom. The zero-order chi connectivity index (χ0) is 27.7. The number of nitrogens with zero attached hydrogens (tertiary/aromatic N) is 3. The summed E-state index contributed by atoms with van der Waals surface area (Å²) < 4.78 is 6.72. The molecule has 2 fully saturated rings. The third kappa shape index (κ3) is 4.72. The van der Waals surface area contributed by atoms with Gasteiger partial charge in [0.2, 0.25) is 17.7 Å². The lowest BCUT2D eigenvalue weighted by atomic mass is 9.77. The first-order valence-electron chi connectivity index (χ1n) is 14.4. The topological polar surface area (TPSA) is 90.4 Å². The van der Waals surface area contributed by atoms with Crippen molar-refractivity contribution >= 4 is 17.7 Å². The predicted molar refractivity (Wildman–Crippen MR) is 147 cm³/mol.